The number of hydrogen-bond acceptors (Lipinski definition) is 5. The van der Waals surface area contributed by atoms with E-state index in [4.69, 9.17) is 9.26 Å². The monoisotopic (exact) mass is 354 g/mol. The molecule has 2 fully saturated rings. The number of nitrogens with zero attached hydrogens (tertiary/aromatic N) is 2. The van der Waals surface area contributed by atoms with Crippen LogP contribution in [0.25, 0.3) is 0 Å². The third-order valence-electron chi connectivity index (χ3n) is 4.98. The fourth-order valence-electron chi connectivity index (χ4n) is 3.50. The summed E-state index contributed by atoms with van der Waals surface area (Å²) in [5.74, 6) is 1.26. The fraction of sp³-hybridized carbons (Fsp3) is 0.529. The van der Waals surface area contributed by atoms with Crippen LogP contribution in [0, 0.1) is 5.41 Å². The molecule has 1 unspecified atom stereocenters. The van der Waals surface area contributed by atoms with E-state index in [1.807, 2.05) is 0 Å². The van der Waals surface area contributed by atoms with Crippen molar-refractivity contribution < 1.29 is 27.2 Å². The van der Waals surface area contributed by atoms with Crippen molar-refractivity contribution >= 4 is 0 Å². The summed E-state index contributed by atoms with van der Waals surface area (Å²) < 4.78 is 51.1. The number of rotatable bonds is 4. The molecule has 8 heteroatoms. The van der Waals surface area contributed by atoms with Gasteiger partial charge < -0.3 is 14.0 Å². The summed E-state index contributed by atoms with van der Waals surface area (Å²) >= 11 is 0. The van der Waals surface area contributed by atoms with Crippen molar-refractivity contribution in [3.63, 3.8) is 0 Å². The lowest BCUT2D eigenvalue weighted by molar-refractivity contribution is -0.274. The zero-order valence-electron chi connectivity index (χ0n) is 13.4. The topological polar surface area (TPSA) is 57.4 Å². The molecule has 1 spiro atoms. The van der Waals surface area contributed by atoms with E-state index in [2.05, 4.69) is 14.9 Å². The van der Waals surface area contributed by atoms with Crippen LogP contribution in [0.2, 0.25) is 0 Å². The smallest absolute Gasteiger partial charge is 0.406 e. The molecule has 25 heavy (non-hydrogen) atoms. The van der Waals surface area contributed by atoms with E-state index >= 15 is 0 Å². The first-order chi connectivity index (χ1) is 11.9. The second-order valence-electron chi connectivity index (χ2n) is 6.65. The van der Waals surface area contributed by atoms with Crippen LogP contribution in [0.3, 0.4) is 0 Å². The molecule has 0 bridgehead atoms. The van der Waals surface area contributed by atoms with Gasteiger partial charge in [0.25, 0.3) is 0 Å². The van der Waals surface area contributed by atoms with Gasteiger partial charge in [-0.2, -0.15) is 4.98 Å². The first-order valence-electron chi connectivity index (χ1n) is 8.18. The second kappa shape index (κ2) is 6.01. The summed E-state index contributed by atoms with van der Waals surface area (Å²) in [6.45, 7) is 1.56. The van der Waals surface area contributed by atoms with Gasteiger partial charge in [0, 0.05) is 25.6 Å². The Balaban J connectivity index is 1.38. The summed E-state index contributed by atoms with van der Waals surface area (Å²) in [6, 6.07) is 5.69. The lowest BCUT2D eigenvalue weighted by Crippen LogP contribution is -2.18. The number of aromatic nitrogens is 2. The average molecular weight is 354 g/mol. The maximum absolute atomic E-state index is 12.2. The molecule has 2 heterocycles. The fourth-order valence-corrected chi connectivity index (χ4v) is 3.50. The van der Waals surface area contributed by atoms with Crippen LogP contribution < -0.4 is 4.74 Å². The molecule has 1 aromatic carbocycles. The Kier molecular flexibility index (Phi) is 3.94. The maximum Gasteiger partial charge on any atom is 0.573 e. The van der Waals surface area contributed by atoms with E-state index in [0.29, 0.717) is 24.1 Å². The molecule has 1 saturated carbocycles. The van der Waals surface area contributed by atoms with Gasteiger partial charge in [0.1, 0.15) is 5.75 Å². The van der Waals surface area contributed by atoms with Gasteiger partial charge in [-0.15, -0.1) is 13.2 Å². The van der Waals surface area contributed by atoms with Gasteiger partial charge in [0.15, 0.2) is 5.82 Å². The third-order valence-corrected chi connectivity index (χ3v) is 4.98. The number of benzene rings is 1. The largest absolute Gasteiger partial charge is 0.573 e. The Bertz CT molecular complexity index is 736. The van der Waals surface area contributed by atoms with Gasteiger partial charge in [-0.05, 0) is 42.4 Å². The van der Waals surface area contributed by atoms with E-state index in [1.54, 1.807) is 12.1 Å². The second-order valence-corrected chi connectivity index (χ2v) is 6.65. The zero-order valence-corrected chi connectivity index (χ0v) is 13.4. The molecule has 2 aliphatic rings. The SMILES string of the molecule is FC(F)(F)Oc1ccc(Cc2noc(C3CC34CCOCC4)n2)cc1. The minimum atomic E-state index is -4.69. The number of halogens is 3. The summed E-state index contributed by atoms with van der Waals surface area (Å²) in [5, 5.41) is 4.00. The standard InChI is InChI=1S/C17H17F3N2O3/c18-17(19,20)24-12-3-1-11(2-4-12)9-14-21-15(25-22-14)13-10-16(13)5-7-23-8-6-16/h1-4,13H,5-10H2. The van der Waals surface area contributed by atoms with Crippen LogP contribution in [-0.4, -0.2) is 29.7 Å². The first kappa shape index (κ1) is 16.4. The zero-order chi connectivity index (χ0) is 17.5. The van der Waals surface area contributed by atoms with Crippen LogP contribution in [0.5, 0.6) is 5.75 Å². The predicted octanol–water partition coefficient (Wildman–Crippen LogP) is 3.84. The van der Waals surface area contributed by atoms with Crippen molar-refractivity contribution in [2.75, 3.05) is 13.2 Å². The molecule has 1 aliphatic carbocycles. The van der Waals surface area contributed by atoms with Gasteiger partial charge in [-0.1, -0.05) is 17.3 Å². The molecule has 0 radical (unpaired) electrons. The van der Waals surface area contributed by atoms with Gasteiger partial charge >= 0.3 is 6.36 Å². The van der Waals surface area contributed by atoms with E-state index in [0.717, 1.165) is 38.0 Å². The minimum absolute atomic E-state index is 0.246. The van der Waals surface area contributed by atoms with Crippen molar-refractivity contribution in [2.24, 2.45) is 5.41 Å². The molecule has 134 valence electrons. The van der Waals surface area contributed by atoms with E-state index in [1.165, 1.54) is 12.1 Å². The number of ether oxygens (including phenoxy) is 2. The Labute approximate surface area is 142 Å². The van der Waals surface area contributed by atoms with Crippen LogP contribution in [0.4, 0.5) is 13.2 Å². The van der Waals surface area contributed by atoms with Crippen molar-refractivity contribution in [1.82, 2.24) is 10.1 Å². The van der Waals surface area contributed by atoms with Crippen molar-refractivity contribution in [3.8, 4) is 5.75 Å². The Hall–Kier alpha value is -2.09. The molecule has 1 saturated heterocycles. The average Bonchev–Trinajstić information content (AvgIpc) is 3.04. The third kappa shape index (κ3) is 3.63. The van der Waals surface area contributed by atoms with E-state index in [-0.39, 0.29) is 11.2 Å². The normalized spacial score (nSPS) is 22.1. The molecule has 4 rings (SSSR count). The molecular weight excluding hydrogens is 337 g/mol. The summed E-state index contributed by atoms with van der Waals surface area (Å²) in [5.41, 5.74) is 1.05. The van der Waals surface area contributed by atoms with Crippen LogP contribution >= 0.6 is 0 Å². The molecule has 1 aliphatic heterocycles. The molecule has 0 amide bonds. The number of hydrogen-bond donors (Lipinski definition) is 0. The van der Waals surface area contributed by atoms with Crippen LogP contribution in [-0.2, 0) is 11.2 Å². The molecule has 0 N–H and O–H groups in total. The molecule has 1 atom stereocenters. The maximum atomic E-state index is 12.2. The summed E-state index contributed by atoms with van der Waals surface area (Å²) in [7, 11) is 0. The predicted molar refractivity (Wildman–Crippen MR) is 80.1 cm³/mol. The Morgan fingerprint density at radius 2 is 1.88 bits per heavy atom. The highest BCUT2D eigenvalue weighted by Gasteiger charge is 2.57. The minimum Gasteiger partial charge on any atom is -0.406 e. The molecule has 2 aromatic rings. The van der Waals surface area contributed by atoms with Gasteiger partial charge in [-0.3, -0.25) is 0 Å². The van der Waals surface area contributed by atoms with Crippen LogP contribution in [0.1, 0.15) is 42.5 Å². The quantitative estimate of drug-likeness (QED) is 0.835. The molecule has 1 aromatic heterocycles. The summed E-state index contributed by atoms with van der Waals surface area (Å²) in [6.07, 6.45) is -1.18. The van der Waals surface area contributed by atoms with Gasteiger partial charge in [-0.25, -0.2) is 0 Å². The van der Waals surface area contributed by atoms with E-state index in [9.17, 15) is 13.2 Å². The van der Waals surface area contributed by atoms with Crippen molar-refractivity contribution in [3.05, 3.63) is 41.5 Å². The first-order valence-corrected chi connectivity index (χ1v) is 8.18. The van der Waals surface area contributed by atoms with Gasteiger partial charge in [0.2, 0.25) is 5.89 Å². The highest BCUT2D eigenvalue weighted by Crippen LogP contribution is 2.64. The van der Waals surface area contributed by atoms with Crippen LogP contribution in [0.15, 0.2) is 28.8 Å². The highest BCUT2D eigenvalue weighted by atomic mass is 19.4. The molecule has 5 nitrogen and oxygen atoms in total. The summed E-state index contributed by atoms with van der Waals surface area (Å²) in [4.78, 5) is 4.47. The lowest BCUT2D eigenvalue weighted by Gasteiger charge is -2.21. The lowest BCUT2D eigenvalue weighted by atomic mass is 9.94. The highest BCUT2D eigenvalue weighted by molar-refractivity contribution is 5.29. The van der Waals surface area contributed by atoms with Crippen molar-refractivity contribution in [1.29, 1.82) is 0 Å². The number of alkyl halides is 3. The van der Waals surface area contributed by atoms with Crippen molar-refractivity contribution in [2.45, 2.75) is 38.0 Å². The van der Waals surface area contributed by atoms with Gasteiger partial charge in [0.05, 0.1) is 0 Å². The van der Waals surface area contributed by atoms with E-state index < -0.39 is 6.36 Å². The Morgan fingerprint density at radius 1 is 1.16 bits per heavy atom. The molecular formula is C17H17F3N2O3. The Morgan fingerprint density at radius 3 is 2.56 bits per heavy atom.